The van der Waals surface area contributed by atoms with Crippen molar-refractivity contribution >= 4 is 38.9 Å². The van der Waals surface area contributed by atoms with Gasteiger partial charge in [0.15, 0.2) is 0 Å². The third-order valence-corrected chi connectivity index (χ3v) is 5.62. The average Bonchev–Trinajstić information content (AvgIpc) is 2.68. The van der Waals surface area contributed by atoms with Crippen LogP contribution in [0.25, 0.3) is 0 Å². The van der Waals surface area contributed by atoms with Crippen molar-refractivity contribution in [2.24, 2.45) is 0 Å². The third-order valence-electron chi connectivity index (χ3n) is 3.99. The SMILES string of the molecule is O=C(Nc1cccc(C(F)(F)F)c1)c1ccccc1NS(=O)(=O)c1ccc(Cl)cc1. The summed E-state index contributed by atoms with van der Waals surface area (Å²) in [4.78, 5) is 12.5. The standard InChI is InChI=1S/C20H14ClF3N2O3S/c21-14-8-10-16(11-9-14)30(28,29)26-18-7-2-1-6-17(18)19(27)25-15-5-3-4-13(12-15)20(22,23)24/h1-12,26H,(H,25,27). The number of hydrogen-bond donors (Lipinski definition) is 2. The zero-order chi connectivity index (χ0) is 21.9. The molecule has 5 nitrogen and oxygen atoms in total. The molecule has 3 aromatic rings. The van der Waals surface area contributed by atoms with Crippen LogP contribution < -0.4 is 10.0 Å². The zero-order valence-electron chi connectivity index (χ0n) is 15.1. The van der Waals surface area contributed by atoms with Gasteiger partial charge in [-0.25, -0.2) is 8.42 Å². The molecule has 2 N–H and O–H groups in total. The molecule has 0 aliphatic carbocycles. The summed E-state index contributed by atoms with van der Waals surface area (Å²) in [5.74, 6) is -0.774. The predicted molar refractivity (Wildman–Crippen MR) is 108 cm³/mol. The van der Waals surface area contributed by atoms with Crippen LogP contribution in [-0.4, -0.2) is 14.3 Å². The molecule has 0 unspecified atom stereocenters. The number of amides is 1. The minimum Gasteiger partial charge on any atom is -0.322 e. The normalized spacial score (nSPS) is 11.7. The number of alkyl halides is 3. The Kier molecular flexibility index (Phi) is 6.04. The Hall–Kier alpha value is -3.04. The molecular weight excluding hydrogens is 441 g/mol. The molecule has 1 amide bonds. The summed E-state index contributed by atoms with van der Waals surface area (Å²) in [5.41, 5.74) is -1.09. The van der Waals surface area contributed by atoms with Gasteiger partial charge in [0, 0.05) is 10.7 Å². The highest BCUT2D eigenvalue weighted by Gasteiger charge is 2.30. The predicted octanol–water partition coefficient (Wildman–Crippen LogP) is 5.41. The van der Waals surface area contributed by atoms with Crippen LogP contribution in [0.5, 0.6) is 0 Å². The number of carbonyl (C=O) groups excluding carboxylic acids is 1. The number of hydrogen-bond acceptors (Lipinski definition) is 3. The highest BCUT2D eigenvalue weighted by Crippen LogP contribution is 2.31. The average molecular weight is 455 g/mol. The summed E-state index contributed by atoms with van der Waals surface area (Å²) in [7, 11) is -4.02. The van der Waals surface area contributed by atoms with Gasteiger partial charge in [0.1, 0.15) is 0 Å². The Labute approximate surface area is 175 Å². The van der Waals surface area contributed by atoms with Gasteiger partial charge in [0.25, 0.3) is 15.9 Å². The molecule has 0 atom stereocenters. The van der Waals surface area contributed by atoms with Crippen molar-refractivity contribution in [1.29, 1.82) is 0 Å². The Morgan fingerprint density at radius 1 is 0.900 bits per heavy atom. The summed E-state index contributed by atoms with van der Waals surface area (Å²) in [6, 6.07) is 15.3. The van der Waals surface area contributed by atoms with Crippen LogP contribution in [0.15, 0.2) is 77.7 Å². The fraction of sp³-hybridized carbons (Fsp3) is 0.0500. The molecule has 0 saturated carbocycles. The van der Waals surface area contributed by atoms with Crippen LogP contribution >= 0.6 is 11.6 Å². The van der Waals surface area contributed by atoms with Gasteiger partial charge in [0.05, 0.1) is 21.7 Å². The van der Waals surface area contributed by atoms with Gasteiger partial charge in [-0.2, -0.15) is 13.2 Å². The fourth-order valence-corrected chi connectivity index (χ4v) is 3.76. The molecule has 3 rings (SSSR count). The molecule has 0 radical (unpaired) electrons. The van der Waals surface area contributed by atoms with E-state index in [1.54, 1.807) is 0 Å². The summed E-state index contributed by atoms with van der Waals surface area (Å²) in [5, 5.41) is 2.71. The second kappa shape index (κ2) is 8.37. The second-order valence-corrected chi connectivity index (χ2v) is 8.26. The maximum absolute atomic E-state index is 12.9. The number of sulfonamides is 1. The number of anilines is 2. The minimum atomic E-state index is -4.56. The minimum absolute atomic E-state index is 0.0306. The lowest BCUT2D eigenvalue weighted by molar-refractivity contribution is -0.137. The first-order valence-corrected chi connectivity index (χ1v) is 10.3. The van der Waals surface area contributed by atoms with Crippen LogP contribution in [0.4, 0.5) is 24.5 Å². The first-order chi connectivity index (χ1) is 14.1. The highest BCUT2D eigenvalue weighted by atomic mass is 35.5. The Morgan fingerprint density at radius 3 is 2.23 bits per heavy atom. The third kappa shape index (κ3) is 5.11. The lowest BCUT2D eigenvalue weighted by Gasteiger charge is -2.14. The number of para-hydroxylation sites is 1. The van der Waals surface area contributed by atoms with Gasteiger partial charge >= 0.3 is 6.18 Å². The van der Waals surface area contributed by atoms with Crippen molar-refractivity contribution in [2.45, 2.75) is 11.1 Å². The lowest BCUT2D eigenvalue weighted by atomic mass is 10.1. The van der Waals surface area contributed by atoms with Crippen LogP contribution in [0, 0.1) is 0 Å². The van der Waals surface area contributed by atoms with Gasteiger partial charge in [-0.05, 0) is 54.6 Å². The molecule has 156 valence electrons. The van der Waals surface area contributed by atoms with Gasteiger partial charge in [0.2, 0.25) is 0 Å². The van der Waals surface area contributed by atoms with E-state index in [1.807, 2.05) is 0 Å². The monoisotopic (exact) mass is 454 g/mol. The van der Waals surface area contributed by atoms with Gasteiger partial charge in [-0.1, -0.05) is 29.8 Å². The van der Waals surface area contributed by atoms with E-state index in [0.29, 0.717) is 5.02 Å². The number of benzene rings is 3. The summed E-state index contributed by atoms with van der Waals surface area (Å²) in [6.45, 7) is 0. The summed E-state index contributed by atoms with van der Waals surface area (Å²) < 4.78 is 66.1. The number of carbonyl (C=O) groups is 1. The van der Waals surface area contributed by atoms with Crippen molar-refractivity contribution in [2.75, 3.05) is 10.0 Å². The second-order valence-electron chi connectivity index (χ2n) is 6.14. The van der Waals surface area contributed by atoms with Crippen molar-refractivity contribution < 1.29 is 26.4 Å². The molecular formula is C20H14ClF3N2O3S. The number of nitrogens with one attached hydrogen (secondary N) is 2. The van der Waals surface area contributed by atoms with E-state index < -0.39 is 27.7 Å². The largest absolute Gasteiger partial charge is 0.416 e. The molecule has 0 aliphatic heterocycles. The molecule has 0 spiro atoms. The zero-order valence-corrected chi connectivity index (χ0v) is 16.6. The van der Waals surface area contributed by atoms with E-state index in [-0.39, 0.29) is 21.8 Å². The molecule has 0 fully saturated rings. The maximum Gasteiger partial charge on any atom is 0.416 e. The number of halogens is 4. The van der Waals surface area contributed by atoms with E-state index in [0.717, 1.165) is 18.2 Å². The Balaban J connectivity index is 1.86. The van der Waals surface area contributed by atoms with Crippen molar-refractivity contribution in [3.8, 4) is 0 Å². The maximum atomic E-state index is 12.9. The molecule has 0 heterocycles. The number of rotatable bonds is 5. The molecule has 0 aromatic heterocycles. The highest BCUT2D eigenvalue weighted by molar-refractivity contribution is 7.92. The smallest absolute Gasteiger partial charge is 0.322 e. The van der Waals surface area contributed by atoms with Crippen LogP contribution in [0.2, 0.25) is 5.02 Å². The van der Waals surface area contributed by atoms with Gasteiger partial charge in [-0.15, -0.1) is 0 Å². The van der Waals surface area contributed by atoms with Crippen LogP contribution in [0.1, 0.15) is 15.9 Å². The first-order valence-electron chi connectivity index (χ1n) is 8.42. The Bertz CT molecular complexity index is 1180. The Morgan fingerprint density at radius 2 is 1.57 bits per heavy atom. The van der Waals surface area contributed by atoms with E-state index in [9.17, 15) is 26.4 Å². The van der Waals surface area contributed by atoms with Crippen molar-refractivity contribution in [3.05, 3.63) is 88.9 Å². The van der Waals surface area contributed by atoms with Gasteiger partial charge in [-0.3, -0.25) is 9.52 Å². The van der Waals surface area contributed by atoms with Crippen LogP contribution in [-0.2, 0) is 16.2 Å². The van der Waals surface area contributed by atoms with E-state index >= 15 is 0 Å². The van der Waals surface area contributed by atoms with E-state index in [2.05, 4.69) is 10.0 Å². The van der Waals surface area contributed by atoms with Gasteiger partial charge < -0.3 is 5.32 Å². The first kappa shape index (κ1) is 21.7. The van der Waals surface area contributed by atoms with Crippen LogP contribution in [0.3, 0.4) is 0 Å². The molecule has 30 heavy (non-hydrogen) atoms. The lowest BCUT2D eigenvalue weighted by Crippen LogP contribution is -2.19. The molecule has 0 bridgehead atoms. The molecule has 10 heteroatoms. The summed E-state index contributed by atoms with van der Waals surface area (Å²) >= 11 is 5.77. The van der Waals surface area contributed by atoms with E-state index in [4.69, 9.17) is 11.6 Å². The topological polar surface area (TPSA) is 75.3 Å². The fourth-order valence-electron chi connectivity index (χ4n) is 2.56. The van der Waals surface area contributed by atoms with Crippen molar-refractivity contribution in [3.63, 3.8) is 0 Å². The molecule has 3 aromatic carbocycles. The molecule has 0 aliphatic rings. The summed E-state index contributed by atoms with van der Waals surface area (Å²) in [6.07, 6.45) is -4.56. The molecule has 0 saturated heterocycles. The quantitative estimate of drug-likeness (QED) is 0.541. The van der Waals surface area contributed by atoms with Crippen molar-refractivity contribution in [1.82, 2.24) is 0 Å². The van der Waals surface area contributed by atoms with E-state index in [1.165, 1.54) is 54.6 Å².